The van der Waals surface area contributed by atoms with Crippen LogP contribution in [0, 0.1) is 17.8 Å². The zero-order chi connectivity index (χ0) is 22.2. The number of hydrogen-bond donors (Lipinski definition) is 2. The summed E-state index contributed by atoms with van der Waals surface area (Å²) in [5.41, 5.74) is 1.82. The molecule has 2 heterocycles. The molecule has 2 aliphatic carbocycles. The van der Waals surface area contributed by atoms with Crippen molar-refractivity contribution >= 4 is 39.2 Å². The molecule has 0 radical (unpaired) electrons. The number of carbonyl (C=O) groups excluding carboxylic acids is 1. The molecule has 2 saturated carbocycles. The van der Waals surface area contributed by atoms with Gasteiger partial charge < -0.3 is 10.3 Å². The van der Waals surface area contributed by atoms with E-state index in [4.69, 9.17) is 0 Å². The minimum absolute atomic E-state index is 0.0798. The van der Waals surface area contributed by atoms with E-state index in [0.717, 1.165) is 27.8 Å². The van der Waals surface area contributed by atoms with Gasteiger partial charge in [0.2, 0.25) is 5.91 Å². The lowest BCUT2D eigenvalue weighted by molar-refractivity contribution is -0.121. The van der Waals surface area contributed by atoms with Gasteiger partial charge in [-0.3, -0.25) is 9.59 Å². The van der Waals surface area contributed by atoms with Crippen LogP contribution in [0.5, 0.6) is 0 Å². The highest BCUT2D eigenvalue weighted by Crippen LogP contribution is 2.49. The minimum atomic E-state index is -0.194. The van der Waals surface area contributed by atoms with Gasteiger partial charge in [0.1, 0.15) is 10.7 Å². The number of hydrogen-bond acceptors (Lipinski definition) is 5. The van der Waals surface area contributed by atoms with Gasteiger partial charge >= 0.3 is 0 Å². The summed E-state index contributed by atoms with van der Waals surface area (Å²) in [5, 5.41) is 5.69. The van der Waals surface area contributed by atoms with Crippen molar-refractivity contribution in [2.45, 2.75) is 56.6 Å². The van der Waals surface area contributed by atoms with Crippen molar-refractivity contribution in [2.75, 3.05) is 0 Å². The van der Waals surface area contributed by atoms with Crippen molar-refractivity contribution in [1.82, 2.24) is 15.3 Å². The molecular formula is C25H29N3O2S2. The Morgan fingerprint density at radius 2 is 2.06 bits per heavy atom. The summed E-state index contributed by atoms with van der Waals surface area (Å²) in [4.78, 5) is 33.9. The van der Waals surface area contributed by atoms with Gasteiger partial charge in [-0.05, 0) is 56.4 Å². The van der Waals surface area contributed by atoms with Gasteiger partial charge in [-0.2, -0.15) is 0 Å². The lowest BCUT2D eigenvalue weighted by Gasteiger charge is -2.29. The predicted molar refractivity (Wildman–Crippen MR) is 133 cm³/mol. The molecule has 168 valence electrons. The topological polar surface area (TPSA) is 74.8 Å². The van der Waals surface area contributed by atoms with E-state index in [1.54, 1.807) is 0 Å². The molecule has 5 atom stereocenters. The summed E-state index contributed by atoms with van der Waals surface area (Å²) in [7, 11) is 0. The normalized spacial score (nSPS) is 24.0. The van der Waals surface area contributed by atoms with E-state index in [1.165, 1.54) is 48.8 Å². The highest BCUT2D eigenvalue weighted by Gasteiger charge is 2.42. The van der Waals surface area contributed by atoms with Crippen molar-refractivity contribution in [3.63, 3.8) is 0 Å². The number of carbonyl (C=O) groups is 1. The van der Waals surface area contributed by atoms with Crippen LogP contribution < -0.4 is 10.9 Å². The summed E-state index contributed by atoms with van der Waals surface area (Å²) in [6.45, 7) is 4.09. The first kappa shape index (κ1) is 21.7. The van der Waals surface area contributed by atoms with E-state index >= 15 is 0 Å². The number of H-pyrrole nitrogens is 1. The molecule has 2 N–H and O–H groups in total. The van der Waals surface area contributed by atoms with Crippen LogP contribution in [0.25, 0.3) is 21.3 Å². The lowest BCUT2D eigenvalue weighted by atomic mass is 9.84. The Kier molecular flexibility index (Phi) is 6.12. The molecule has 5 nitrogen and oxygen atoms in total. The van der Waals surface area contributed by atoms with Crippen LogP contribution in [0.4, 0.5) is 0 Å². The van der Waals surface area contributed by atoms with Gasteiger partial charge in [-0.15, -0.1) is 23.1 Å². The van der Waals surface area contributed by atoms with Crippen molar-refractivity contribution in [3.05, 3.63) is 51.9 Å². The second-order valence-corrected chi connectivity index (χ2v) is 11.5. The highest BCUT2D eigenvalue weighted by atomic mass is 32.2. The smallest absolute Gasteiger partial charge is 0.260 e. The van der Waals surface area contributed by atoms with Crippen LogP contribution in [0.3, 0.4) is 0 Å². The van der Waals surface area contributed by atoms with Crippen LogP contribution in [0.2, 0.25) is 0 Å². The maximum Gasteiger partial charge on any atom is 0.260 e. The van der Waals surface area contributed by atoms with Gasteiger partial charge in [0.15, 0.2) is 0 Å². The van der Waals surface area contributed by atoms with E-state index in [9.17, 15) is 9.59 Å². The summed E-state index contributed by atoms with van der Waals surface area (Å²) in [6, 6.07) is 10.1. The molecule has 1 aromatic carbocycles. The fourth-order valence-corrected chi connectivity index (χ4v) is 7.26. The average Bonchev–Trinajstić information content (AvgIpc) is 3.53. The van der Waals surface area contributed by atoms with E-state index in [0.29, 0.717) is 22.9 Å². The van der Waals surface area contributed by atoms with Gasteiger partial charge in [-0.25, -0.2) is 4.98 Å². The summed E-state index contributed by atoms with van der Waals surface area (Å²) < 4.78 is 0. The molecule has 0 saturated heterocycles. The minimum Gasteiger partial charge on any atom is -0.352 e. The molecule has 32 heavy (non-hydrogen) atoms. The third-order valence-corrected chi connectivity index (χ3v) is 9.25. The Hall–Kier alpha value is -2.12. The monoisotopic (exact) mass is 467 g/mol. The first-order chi connectivity index (χ1) is 15.5. The molecule has 7 heteroatoms. The molecule has 1 amide bonds. The van der Waals surface area contributed by atoms with Crippen LogP contribution in [0.15, 0.2) is 40.5 Å². The third kappa shape index (κ3) is 4.25. The largest absolute Gasteiger partial charge is 0.352 e. The predicted octanol–water partition coefficient (Wildman–Crippen LogP) is 5.21. The number of nitrogens with zero attached hydrogens (tertiary/aromatic N) is 1. The van der Waals surface area contributed by atoms with Gasteiger partial charge in [-0.1, -0.05) is 36.8 Å². The molecule has 0 spiro atoms. The maximum absolute atomic E-state index is 12.8. The van der Waals surface area contributed by atoms with Crippen molar-refractivity contribution in [3.8, 4) is 11.1 Å². The Bertz CT molecular complexity index is 1170. The van der Waals surface area contributed by atoms with Crippen LogP contribution in [-0.2, 0) is 10.5 Å². The summed E-state index contributed by atoms with van der Waals surface area (Å²) in [5.74, 6) is 3.51. The van der Waals surface area contributed by atoms with Crippen molar-refractivity contribution in [1.29, 1.82) is 0 Å². The second kappa shape index (κ2) is 9.02. The van der Waals surface area contributed by atoms with Crippen LogP contribution in [0.1, 0.15) is 45.4 Å². The Labute approximate surface area is 196 Å². The molecule has 5 unspecified atom stereocenters. The maximum atomic E-state index is 12.8. The molecule has 2 aromatic heterocycles. The summed E-state index contributed by atoms with van der Waals surface area (Å²) in [6.07, 6.45) is 5.33. The zero-order valence-corrected chi connectivity index (χ0v) is 20.1. The number of thiophene rings is 1. The quantitative estimate of drug-likeness (QED) is 0.500. The number of thioether (sulfide) groups is 1. The Balaban J connectivity index is 1.22. The van der Waals surface area contributed by atoms with E-state index < -0.39 is 0 Å². The Morgan fingerprint density at radius 3 is 2.78 bits per heavy atom. The molecular weight excluding hydrogens is 438 g/mol. The number of benzene rings is 1. The first-order valence-electron chi connectivity index (χ1n) is 11.5. The van der Waals surface area contributed by atoms with Crippen LogP contribution in [-0.4, -0.2) is 27.2 Å². The average molecular weight is 468 g/mol. The summed E-state index contributed by atoms with van der Waals surface area (Å²) >= 11 is 3.00. The standard InChI is InChI=1S/C25H29N3O2S2/c1-14(19-11-16-8-9-18(19)10-16)26-23(29)15(2)31-13-21-27-24(30)22-20(12-32-25(22)28-21)17-6-4-3-5-7-17/h3-7,12,14-16,18-19H,8-11,13H2,1-2H3,(H,26,29)(H,27,28,30). The number of aromatic nitrogens is 2. The number of nitrogens with one attached hydrogen (secondary N) is 2. The molecule has 2 bridgehead atoms. The molecule has 2 fully saturated rings. The third-order valence-electron chi connectivity index (χ3n) is 7.22. The van der Waals surface area contributed by atoms with Gasteiger partial charge in [0.25, 0.3) is 5.56 Å². The van der Waals surface area contributed by atoms with E-state index in [-0.39, 0.29) is 22.8 Å². The molecule has 5 rings (SSSR count). The fraction of sp³-hybridized carbons (Fsp3) is 0.480. The molecule has 0 aliphatic heterocycles. The van der Waals surface area contributed by atoms with E-state index in [1.807, 2.05) is 42.6 Å². The Morgan fingerprint density at radius 1 is 1.25 bits per heavy atom. The SMILES string of the molecule is CC(SCc1nc2scc(-c3ccccc3)c2c(=O)[nH]1)C(=O)NC(C)C1CC2CCC1C2. The van der Waals surface area contributed by atoms with Gasteiger partial charge in [0.05, 0.1) is 16.4 Å². The van der Waals surface area contributed by atoms with Crippen molar-refractivity contribution in [2.24, 2.45) is 17.8 Å². The van der Waals surface area contributed by atoms with Gasteiger partial charge in [0, 0.05) is 17.0 Å². The van der Waals surface area contributed by atoms with Crippen molar-refractivity contribution < 1.29 is 4.79 Å². The number of fused-ring (bicyclic) bond motifs is 3. The first-order valence-corrected chi connectivity index (χ1v) is 13.4. The number of amides is 1. The van der Waals surface area contributed by atoms with E-state index in [2.05, 4.69) is 22.2 Å². The highest BCUT2D eigenvalue weighted by molar-refractivity contribution is 7.99. The second-order valence-electron chi connectivity index (χ2n) is 9.30. The molecule has 3 aromatic rings. The zero-order valence-electron chi connectivity index (χ0n) is 18.5. The lowest BCUT2D eigenvalue weighted by Crippen LogP contribution is -2.43. The number of aromatic amines is 1. The number of rotatable bonds is 7. The molecule has 2 aliphatic rings. The fourth-order valence-electron chi connectivity index (χ4n) is 5.53. The van der Waals surface area contributed by atoms with Crippen LogP contribution >= 0.6 is 23.1 Å².